The van der Waals surface area contributed by atoms with Crippen LogP contribution in [0.3, 0.4) is 0 Å². The molecule has 9 nitrogen and oxygen atoms in total. The highest BCUT2D eigenvalue weighted by atomic mass is 16.5. The molecule has 0 saturated heterocycles. The molecule has 0 aliphatic carbocycles. The molecule has 1 amide bonds. The quantitative estimate of drug-likeness (QED) is 0.715. The molecule has 3 aromatic rings. The smallest absolute Gasteiger partial charge is 0.292 e. The van der Waals surface area contributed by atoms with Crippen molar-refractivity contribution in [1.29, 1.82) is 0 Å². The monoisotopic (exact) mass is 357 g/mol. The van der Waals surface area contributed by atoms with Crippen LogP contribution in [0.1, 0.15) is 22.1 Å². The van der Waals surface area contributed by atoms with Crippen molar-refractivity contribution in [3.05, 3.63) is 41.8 Å². The second-order valence-corrected chi connectivity index (χ2v) is 5.52. The lowest BCUT2D eigenvalue weighted by atomic mass is 10.1. The third-order valence-electron chi connectivity index (χ3n) is 3.78. The molecule has 0 saturated carbocycles. The number of nitrogens with one attached hydrogen (secondary N) is 1. The number of aryl methyl sites for hydroxylation is 1. The summed E-state index contributed by atoms with van der Waals surface area (Å²) >= 11 is 0. The van der Waals surface area contributed by atoms with E-state index in [9.17, 15) is 4.79 Å². The lowest BCUT2D eigenvalue weighted by Gasteiger charge is -2.14. The number of rotatable bonds is 6. The van der Waals surface area contributed by atoms with Gasteiger partial charge in [-0.25, -0.2) is 4.98 Å². The predicted molar refractivity (Wildman–Crippen MR) is 92.3 cm³/mol. The first-order valence-corrected chi connectivity index (χ1v) is 7.86. The molecule has 0 radical (unpaired) electrons. The molecular formula is C17H19N5O4. The third kappa shape index (κ3) is 3.23. The van der Waals surface area contributed by atoms with Crippen LogP contribution in [0.2, 0.25) is 0 Å². The van der Waals surface area contributed by atoms with Gasteiger partial charge < -0.3 is 23.9 Å². The lowest BCUT2D eigenvalue weighted by Crippen LogP contribution is -2.19. The zero-order valence-corrected chi connectivity index (χ0v) is 14.9. The molecule has 0 unspecified atom stereocenters. The number of hydrogen-bond donors (Lipinski definition) is 1. The van der Waals surface area contributed by atoms with E-state index in [0.717, 1.165) is 11.1 Å². The van der Waals surface area contributed by atoms with Crippen molar-refractivity contribution in [2.24, 2.45) is 0 Å². The molecule has 2 heterocycles. The molecule has 0 fully saturated rings. The molecule has 2 aromatic heterocycles. The number of amides is 1. The number of aromatic nitrogens is 4. The van der Waals surface area contributed by atoms with E-state index in [1.54, 1.807) is 26.6 Å². The summed E-state index contributed by atoms with van der Waals surface area (Å²) in [6, 6.07) is 3.85. The summed E-state index contributed by atoms with van der Waals surface area (Å²) in [5, 5.41) is 6.12. The lowest BCUT2D eigenvalue weighted by molar-refractivity contribution is 0.0950. The van der Waals surface area contributed by atoms with Crippen LogP contribution in [-0.4, -0.2) is 46.9 Å². The molecule has 0 aliphatic rings. The Morgan fingerprint density at radius 2 is 2.12 bits per heavy atom. The van der Waals surface area contributed by atoms with Gasteiger partial charge in [-0.1, -0.05) is 5.16 Å². The van der Waals surface area contributed by atoms with Gasteiger partial charge in [-0.05, 0) is 24.6 Å². The number of benzene rings is 1. The molecule has 0 atom stereocenters. The number of nitrogens with zero attached hydrogens (tertiary/aromatic N) is 4. The minimum Gasteiger partial charge on any atom is -0.493 e. The second kappa shape index (κ2) is 7.26. The van der Waals surface area contributed by atoms with Crippen LogP contribution < -0.4 is 14.8 Å². The first-order chi connectivity index (χ1) is 12.6. The van der Waals surface area contributed by atoms with E-state index in [1.807, 2.05) is 23.6 Å². The Labute approximate surface area is 149 Å². The first kappa shape index (κ1) is 17.5. The Morgan fingerprint density at radius 3 is 2.81 bits per heavy atom. The van der Waals surface area contributed by atoms with Gasteiger partial charge in [-0.3, -0.25) is 4.79 Å². The van der Waals surface area contributed by atoms with Crippen LogP contribution in [0.4, 0.5) is 0 Å². The van der Waals surface area contributed by atoms with E-state index >= 15 is 0 Å². The van der Waals surface area contributed by atoms with Crippen LogP contribution in [-0.2, 0) is 6.54 Å². The fourth-order valence-corrected chi connectivity index (χ4v) is 2.62. The summed E-state index contributed by atoms with van der Waals surface area (Å²) in [7, 11) is 4.67. The van der Waals surface area contributed by atoms with Crippen LogP contribution >= 0.6 is 0 Å². The van der Waals surface area contributed by atoms with E-state index in [0.29, 0.717) is 23.2 Å². The Kier molecular flexibility index (Phi) is 4.87. The van der Waals surface area contributed by atoms with Crippen LogP contribution in [0.15, 0.2) is 29.0 Å². The van der Waals surface area contributed by atoms with Crippen molar-refractivity contribution in [2.75, 3.05) is 21.3 Å². The van der Waals surface area contributed by atoms with Gasteiger partial charge in [0.1, 0.15) is 12.4 Å². The van der Waals surface area contributed by atoms with E-state index in [-0.39, 0.29) is 12.4 Å². The maximum atomic E-state index is 11.6. The largest absolute Gasteiger partial charge is 0.493 e. The Hall–Kier alpha value is -3.36. The molecule has 1 N–H and O–H groups in total. The summed E-state index contributed by atoms with van der Waals surface area (Å²) in [4.78, 5) is 20.1. The van der Waals surface area contributed by atoms with Crippen molar-refractivity contribution in [2.45, 2.75) is 13.5 Å². The van der Waals surface area contributed by atoms with Gasteiger partial charge in [0.25, 0.3) is 11.7 Å². The van der Waals surface area contributed by atoms with E-state index in [4.69, 9.17) is 14.0 Å². The fourth-order valence-electron chi connectivity index (χ4n) is 2.62. The van der Waals surface area contributed by atoms with Gasteiger partial charge in [0.2, 0.25) is 5.89 Å². The molecule has 3 rings (SSSR count). The summed E-state index contributed by atoms with van der Waals surface area (Å²) in [6.07, 6.45) is 3.45. The minimum atomic E-state index is -0.407. The van der Waals surface area contributed by atoms with E-state index in [1.165, 1.54) is 7.05 Å². The number of hydrogen-bond acceptors (Lipinski definition) is 7. The standard InChI is InChI=1S/C17H19N5O4/c1-10-7-11(14(25-4)12(8-10)24-3)16-19-5-6-22(16)9-13-20-15(21-26-13)17(23)18-2/h5-8H,9H2,1-4H3,(H,18,23). The molecule has 0 aliphatic heterocycles. The summed E-state index contributed by atoms with van der Waals surface area (Å²) < 4.78 is 17.9. The number of methoxy groups -OCH3 is 2. The van der Waals surface area contributed by atoms with Crippen LogP contribution in [0.25, 0.3) is 11.4 Å². The number of carbonyl (C=O) groups excluding carboxylic acids is 1. The van der Waals surface area contributed by atoms with Gasteiger partial charge in [0.05, 0.1) is 19.8 Å². The zero-order valence-electron chi connectivity index (χ0n) is 14.9. The fraction of sp³-hybridized carbons (Fsp3) is 0.294. The second-order valence-electron chi connectivity index (χ2n) is 5.52. The Morgan fingerprint density at radius 1 is 1.31 bits per heavy atom. The van der Waals surface area contributed by atoms with Crippen molar-refractivity contribution in [1.82, 2.24) is 25.0 Å². The van der Waals surface area contributed by atoms with Crippen molar-refractivity contribution in [3.63, 3.8) is 0 Å². The number of carbonyl (C=O) groups is 1. The Balaban J connectivity index is 1.98. The topological polar surface area (TPSA) is 104 Å². The minimum absolute atomic E-state index is 0.0148. The zero-order chi connectivity index (χ0) is 18.7. The molecule has 136 valence electrons. The first-order valence-electron chi connectivity index (χ1n) is 7.86. The van der Waals surface area contributed by atoms with Crippen LogP contribution in [0, 0.1) is 6.92 Å². The maximum absolute atomic E-state index is 11.6. The Bertz CT molecular complexity index is 931. The van der Waals surface area contributed by atoms with E-state index < -0.39 is 5.91 Å². The van der Waals surface area contributed by atoms with Gasteiger partial charge in [0, 0.05) is 19.4 Å². The van der Waals surface area contributed by atoms with Gasteiger partial charge in [0.15, 0.2) is 11.5 Å². The highest BCUT2D eigenvalue weighted by molar-refractivity contribution is 5.89. The van der Waals surface area contributed by atoms with E-state index in [2.05, 4.69) is 20.4 Å². The number of imidazole rings is 1. The summed E-state index contributed by atoms with van der Waals surface area (Å²) in [5.74, 6) is 1.73. The SMILES string of the molecule is CNC(=O)c1noc(Cn2ccnc2-c2cc(C)cc(OC)c2OC)n1. The summed E-state index contributed by atoms with van der Waals surface area (Å²) in [6.45, 7) is 2.23. The van der Waals surface area contributed by atoms with Crippen LogP contribution in [0.5, 0.6) is 11.5 Å². The molecule has 0 bridgehead atoms. The maximum Gasteiger partial charge on any atom is 0.292 e. The molecule has 0 spiro atoms. The van der Waals surface area contributed by atoms with Crippen molar-refractivity contribution >= 4 is 5.91 Å². The average molecular weight is 357 g/mol. The van der Waals surface area contributed by atoms with Gasteiger partial charge >= 0.3 is 0 Å². The number of ether oxygens (including phenoxy) is 2. The molecule has 9 heteroatoms. The third-order valence-corrected chi connectivity index (χ3v) is 3.78. The predicted octanol–water partition coefficient (Wildman–Crippen LogP) is 1.67. The highest BCUT2D eigenvalue weighted by Crippen LogP contribution is 2.38. The van der Waals surface area contributed by atoms with Gasteiger partial charge in [-0.2, -0.15) is 4.98 Å². The summed E-state index contributed by atoms with van der Waals surface area (Å²) in [5.41, 5.74) is 1.78. The van der Waals surface area contributed by atoms with Crippen molar-refractivity contribution in [3.8, 4) is 22.9 Å². The average Bonchev–Trinajstić information content (AvgIpc) is 3.30. The normalized spacial score (nSPS) is 10.6. The van der Waals surface area contributed by atoms with Gasteiger partial charge in [-0.15, -0.1) is 0 Å². The highest BCUT2D eigenvalue weighted by Gasteiger charge is 2.19. The molecule has 26 heavy (non-hydrogen) atoms. The van der Waals surface area contributed by atoms with Crippen molar-refractivity contribution < 1.29 is 18.8 Å². The molecular weight excluding hydrogens is 338 g/mol. The molecule has 1 aromatic carbocycles.